The van der Waals surface area contributed by atoms with Crippen molar-refractivity contribution < 1.29 is 0 Å². The molecule has 0 unspecified atom stereocenters. The summed E-state index contributed by atoms with van der Waals surface area (Å²) in [4.78, 5) is 7.08. The summed E-state index contributed by atoms with van der Waals surface area (Å²) in [5.74, 6) is 1.57. The van der Waals surface area contributed by atoms with Gasteiger partial charge in [0.25, 0.3) is 0 Å². The molecule has 20 heavy (non-hydrogen) atoms. The molecule has 0 radical (unpaired) electrons. The van der Waals surface area contributed by atoms with E-state index < -0.39 is 0 Å². The van der Waals surface area contributed by atoms with Gasteiger partial charge in [-0.25, -0.2) is 4.98 Å². The van der Waals surface area contributed by atoms with Gasteiger partial charge in [-0.15, -0.1) is 0 Å². The van der Waals surface area contributed by atoms with Gasteiger partial charge in [0.15, 0.2) is 0 Å². The third-order valence-corrected chi connectivity index (χ3v) is 3.44. The van der Waals surface area contributed by atoms with Crippen LogP contribution in [0, 0.1) is 0 Å². The fraction of sp³-hybridized carbons (Fsp3) is 0.706. The van der Waals surface area contributed by atoms with Crippen molar-refractivity contribution in [3.63, 3.8) is 0 Å². The molecule has 0 saturated carbocycles. The van der Waals surface area contributed by atoms with Crippen molar-refractivity contribution in [2.24, 2.45) is 0 Å². The van der Waals surface area contributed by atoms with Crippen molar-refractivity contribution in [3.8, 4) is 0 Å². The van der Waals surface area contributed by atoms with E-state index >= 15 is 0 Å². The van der Waals surface area contributed by atoms with Gasteiger partial charge in [-0.05, 0) is 30.0 Å². The van der Waals surface area contributed by atoms with Gasteiger partial charge in [0.05, 0.1) is 0 Å². The van der Waals surface area contributed by atoms with E-state index in [1.165, 1.54) is 24.1 Å². The minimum atomic E-state index is 0.465. The smallest absolute Gasteiger partial charge is 0.128 e. The normalized spacial score (nSPS) is 11.4. The minimum Gasteiger partial charge on any atom is -0.360 e. The predicted molar refractivity (Wildman–Crippen MR) is 88.5 cm³/mol. The average Bonchev–Trinajstić information content (AvgIpc) is 2.42. The summed E-state index contributed by atoms with van der Waals surface area (Å²) in [5, 5.41) is 3.49. The Morgan fingerprint density at radius 3 is 2.45 bits per heavy atom. The molecule has 0 fully saturated rings. The Morgan fingerprint density at radius 2 is 1.90 bits per heavy atom. The topological polar surface area (TPSA) is 28.2 Å². The number of hydrogen-bond acceptors (Lipinski definition) is 3. The molecule has 114 valence electrons. The highest BCUT2D eigenvalue weighted by molar-refractivity contribution is 5.42. The number of aromatic nitrogens is 1. The van der Waals surface area contributed by atoms with Crippen LogP contribution in [-0.4, -0.2) is 24.6 Å². The zero-order chi connectivity index (χ0) is 15.1. The third-order valence-electron chi connectivity index (χ3n) is 3.44. The number of unbranched alkanes of at least 4 members (excludes halogenated alkanes) is 1. The van der Waals surface area contributed by atoms with E-state index in [1.807, 2.05) is 0 Å². The first-order valence-corrected chi connectivity index (χ1v) is 7.89. The lowest BCUT2D eigenvalue weighted by Gasteiger charge is -2.21. The summed E-state index contributed by atoms with van der Waals surface area (Å²) in [7, 11) is 2.14. The van der Waals surface area contributed by atoms with E-state index in [0.717, 1.165) is 18.9 Å². The van der Waals surface area contributed by atoms with Gasteiger partial charge >= 0.3 is 0 Å². The van der Waals surface area contributed by atoms with Crippen molar-refractivity contribution >= 4 is 5.82 Å². The number of nitrogens with one attached hydrogen (secondary N) is 1. The van der Waals surface area contributed by atoms with Crippen molar-refractivity contribution in [1.29, 1.82) is 0 Å². The molecule has 3 nitrogen and oxygen atoms in total. The Kier molecular flexibility index (Phi) is 7.00. The van der Waals surface area contributed by atoms with E-state index in [2.05, 4.69) is 64.0 Å². The number of rotatable bonds is 8. The Bertz CT molecular complexity index is 399. The molecular weight excluding hydrogens is 246 g/mol. The monoisotopic (exact) mass is 277 g/mol. The second kappa shape index (κ2) is 8.25. The van der Waals surface area contributed by atoms with E-state index in [9.17, 15) is 0 Å². The minimum absolute atomic E-state index is 0.465. The molecule has 1 aromatic heterocycles. The molecule has 0 amide bonds. The van der Waals surface area contributed by atoms with Crippen LogP contribution in [0.2, 0.25) is 0 Å². The summed E-state index contributed by atoms with van der Waals surface area (Å²) in [6, 6.07) is 4.96. The van der Waals surface area contributed by atoms with Crippen LogP contribution in [0.15, 0.2) is 12.1 Å². The molecule has 1 heterocycles. The van der Waals surface area contributed by atoms with Crippen LogP contribution in [0.5, 0.6) is 0 Å². The van der Waals surface area contributed by atoms with Crippen molar-refractivity contribution in [1.82, 2.24) is 10.3 Å². The maximum atomic E-state index is 4.81. The summed E-state index contributed by atoms with van der Waals surface area (Å²) in [6.07, 6.45) is 2.43. The molecule has 0 saturated heterocycles. The standard InChI is InChI=1S/C17H31N3/c1-7-8-9-20(6)17-11-15(12-18-14(4)5)10-16(19-17)13(2)3/h10-11,13-14,18H,7-9,12H2,1-6H3. The molecule has 0 aliphatic heterocycles. The molecule has 0 bridgehead atoms. The van der Waals surface area contributed by atoms with E-state index in [0.29, 0.717) is 12.0 Å². The number of hydrogen-bond donors (Lipinski definition) is 1. The average molecular weight is 277 g/mol. The lowest BCUT2D eigenvalue weighted by atomic mass is 10.1. The summed E-state index contributed by atoms with van der Waals surface area (Å²) < 4.78 is 0. The van der Waals surface area contributed by atoms with Crippen molar-refractivity contribution in [3.05, 3.63) is 23.4 Å². The Balaban J connectivity index is 2.91. The molecule has 1 aromatic rings. The lowest BCUT2D eigenvalue weighted by molar-refractivity contribution is 0.587. The molecule has 3 heteroatoms. The number of anilines is 1. The maximum absolute atomic E-state index is 4.81. The molecule has 1 rings (SSSR count). The van der Waals surface area contributed by atoms with Gasteiger partial charge in [0.2, 0.25) is 0 Å². The number of pyridine rings is 1. The van der Waals surface area contributed by atoms with Crippen LogP contribution in [-0.2, 0) is 6.54 Å². The fourth-order valence-electron chi connectivity index (χ4n) is 2.02. The van der Waals surface area contributed by atoms with Crippen LogP contribution >= 0.6 is 0 Å². The zero-order valence-electron chi connectivity index (χ0n) is 14.0. The number of nitrogens with zero attached hydrogens (tertiary/aromatic N) is 2. The van der Waals surface area contributed by atoms with E-state index in [1.54, 1.807) is 0 Å². The molecule has 0 aliphatic carbocycles. The first-order valence-electron chi connectivity index (χ1n) is 7.89. The molecule has 0 atom stereocenters. The SMILES string of the molecule is CCCCN(C)c1cc(CNC(C)C)cc(C(C)C)n1. The highest BCUT2D eigenvalue weighted by atomic mass is 15.2. The first-order chi connectivity index (χ1) is 9.43. The second-order valence-corrected chi connectivity index (χ2v) is 6.22. The van der Waals surface area contributed by atoms with Crippen LogP contribution in [0.1, 0.15) is 64.6 Å². The largest absolute Gasteiger partial charge is 0.360 e. The van der Waals surface area contributed by atoms with Gasteiger partial charge < -0.3 is 10.2 Å². The summed E-state index contributed by atoms with van der Waals surface area (Å²) >= 11 is 0. The predicted octanol–water partition coefficient (Wildman–Crippen LogP) is 3.94. The highest BCUT2D eigenvalue weighted by Crippen LogP contribution is 2.20. The van der Waals surface area contributed by atoms with Gasteiger partial charge in [0.1, 0.15) is 5.82 Å². The summed E-state index contributed by atoms with van der Waals surface area (Å²) in [5.41, 5.74) is 2.52. The van der Waals surface area contributed by atoms with Crippen LogP contribution in [0.25, 0.3) is 0 Å². The van der Waals surface area contributed by atoms with Gasteiger partial charge in [0, 0.05) is 31.9 Å². The first kappa shape index (κ1) is 17.0. The Morgan fingerprint density at radius 1 is 1.20 bits per heavy atom. The van der Waals surface area contributed by atoms with Crippen molar-refractivity contribution in [2.75, 3.05) is 18.5 Å². The van der Waals surface area contributed by atoms with E-state index in [-0.39, 0.29) is 0 Å². The van der Waals surface area contributed by atoms with Crippen LogP contribution in [0.3, 0.4) is 0 Å². The molecular formula is C17H31N3. The summed E-state index contributed by atoms with van der Waals surface area (Å²) in [6.45, 7) is 13.0. The highest BCUT2D eigenvalue weighted by Gasteiger charge is 2.09. The molecule has 0 aromatic carbocycles. The van der Waals surface area contributed by atoms with Crippen molar-refractivity contribution in [2.45, 2.75) is 66.0 Å². The molecule has 1 N–H and O–H groups in total. The molecule has 0 aliphatic rings. The third kappa shape index (κ3) is 5.49. The van der Waals surface area contributed by atoms with Gasteiger partial charge in [-0.2, -0.15) is 0 Å². The van der Waals surface area contributed by atoms with Crippen LogP contribution < -0.4 is 10.2 Å². The lowest BCUT2D eigenvalue weighted by Crippen LogP contribution is -2.23. The van der Waals surface area contributed by atoms with Gasteiger partial charge in [-0.3, -0.25) is 0 Å². The molecule has 0 spiro atoms. The zero-order valence-corrected chi connectivity index (χ0v) is 14.0. The van der Waals surface area contributed by atoms with E-state index in [4.69, 9.17) is 4.98 Å². The Labute approximate surface area is 124 Å². The second-order valence-electron chi connectivity index (χ2n) is 6.22. The fourth-order valence-corrected chi connectivity index (χ4v) is 2.02. The van der Waals surface area contributed by atoms with Gasteiger partial charge in [-0.1, -0.05) is 41.0 Å². The van der Waals surface area contributed by atoms with Crippen LogP contribution in [0.4, 0.5) is 5.82 Å². The maximum Gasteiger partial charge on any atom is 0.128 e. The quantitative estimate of drug-likeness (QED) is 0.780. The Hall–Kier alpha value is -1.09.